The van der Waals surface area contributed by atoms with Gasteiger partial charge in [0.15, 0.2) is 4.47 Å². The third kappa shape index (κ3) is 0.698. The first kappa shape index (κ1) is 4.09. The highest BCUT2D eigenvalue weighted by Crippen LogP contribution is 2.08. The molecule has 0 saturated carbocycles. The Morgan fingerprint density at radius 3 is 3.00 bits per heavy atom. The molecular weight excluding hydrogens is 118 g/mol. The fourth-order valence-electron chi connectivity index (χ4n) is 0.178. The first-order valence-corrected chi connectivity index (χ1v) is 2.62. The molecular formula is C3HClNS. The second-order valence-corrected chi connectivity index (χ2v) is 2.17. The maximum Gasteiger partial charge on any atom is 0.184 e. The molecule has 0 atom stereocenters. The van der Waals surface area contributed by atoms with E-state index in [0.717, 1.165) is 0 Å². The van der Waals surface area contributed by atoms with Crippen LogP contribution in [-0.2, 0) is 0 Å². The predicted octanol–water partition coefficient (Wildman–Crippen LogP) is 1.60. The van der Waals surface area contributed by atoms with Crippen molar-refractivity contribution in [1.29, 1.82) is 0 Å². The van der Waals surface area contributed by atoms with Crippen molar-refractivity contribution in [2.24, 2.45) is 0 Å². The van der Waals surface area contributed by atoms with Crippen LogP contribution in [0.3, 0.4) is 0 Å². The van der Waals surface area contributed by atoms with Crippen LogP contribution in [0.15, 0.2) is 5.38 Å². The molecule has 3 heteroatoms. The van der Waals surface area contributed by atoms with Crippen LogP contribution < -0.4 is 0 Å². The van der Waals surface area contributed by atoms with Crippen molar-refractivity contribution in [3.63, 3.8) is 0 Å². The second kappa shape index (κ2) is 1.58. The Morgan fingerprint density at radius 1 is 2.00 bits per heavy atom. The van der Waals surface area contributed by atoms with Crippen LogP contribution >= 0.6 is 22.9 Å². The van der Waals surface area contributed by atoms with E-state index in [1.54, 1.807) is 5.38 Å². The van der Waals surface area contributed by atoms with Gasteiger partial charge in [-0.15, -0.1) is 11.3 Å². The zero-order valence-electron chi connectivity index (χ0n) is 2.81. The predicted molar refractivity (Wildman–Crippen MR) is 26.0 cm³/mol. The summed E-state index contributed by atoms with van der Waals surface area (Å²) in [6.07, 6.45) is 2.57. The SMILES string of the molecule is Clc1n[c]cs1. The quantitative estimate of drug-likeness (QED) is 0.504. The molecule has 0 N–H and O–H groups in total. The minimum Gasteiger partial charge on any atom is -0.223 e. The van der Waals surface area contributed by atoms with Gasteiger partial charge in [0.1, 0.15) is 6.20 Å². The zero-order valence-corrected chi connectivity index (χ0v) is 4.38. The van der Waals surface area contributed by atoms with Crippen molar-refractivity contribution >= 4 is 22.9 Å². The molecule has 0 bridgehead atoms. The van der Waals surface area contributed by atoms with E-state index in [0.29, 0.717) is 4.47 Å². The fourth-order valence-corrected chi connectivity index (χ4v) is 0.669. The molecule has 1 rings (SSSR count). The fraction of sp³-hybridized carbons (Fsp3) is 0. The van der Waals surface area contributed by atoms with Gasteiger partial charge in [0, 0.05) is 5.38 Å². The molecule has 0 aliphatic rings. The van der Waals surface area contributed by atoms with Crippen LogP contribution in [0.4, 0.5) is 0 Å². The van der Waals surface area contributed by atoms with Gasteiger partial charge in [-0.25, -0.2) is 4.98 Å². The Bertz CT molecular complexity index is 114. The van der Waals surface area contributed by atoms with E-state index in [9.17, 15) is 0 Å². The van der Waals surface area contributed by atoms with Crippen molar-refractivity contribution in [2.75, 3.05) is 0 Å². The molecule has 0 unspecified atom stereocenters. The smallest absolute Gasteiger partial charge is 0.184 e. The molecule has 0 fully saturated rings. The summed E-state index contributed by atoms with van der Waals surface area (Å²) in [6.45, 7) is 0. The Labute approximate surface area is 44.6 Å². The van der Waals surface area contributed by atoms with E-state index in [1.807, 2.05) is 0 Å². The third-order valence-corrected chi connectivity index (χ3v) is 1.22. The Balaban J connectivity index is 3.05. The number of hydrogen-bond acceptors (Lipinski definition) is 2. The molecule has 31 valence electrons. The standard InChI is InChI=1S/C3HClNS/c4-3-5-1-2-6-3/h2H. The van der Waals surface area contributed by atoms with Crippen LogP contribution in [0, 0.1) is 6.20 Å². The number of thiazole rings is 1. The van der Waals surface area contributed by atoms with E-state index >= 15 is 0 Å². The highest BCUT2D eigenvalue weighted by atomic mass is 35.5. The van der Waals surface area contributed by atoms with Crippen LogP contribution in [0.2, 0.25) is 4.47 Å². The average molecular weight is 119 g/mol. The first-order chi connectivity index (χ1) is 2.89. The van der Waals surface area contributed by atoms with Crippen molar-refractivity contribution in [2.45, 2.75) is 0 Å². The summed E-state index contributed by atoms with van der Waals surface area (Å²) >= 11 is 6.71. The topological polar surface area (TPSA) is 12.9 Å². The lowest BCUT2D eigenvalue weighted by Gasteiger charge is -1.60. The monoisotopic (exact) mass is 118 g/mol. The van der Waals surface area contributed by atoms with E-state index < -0.39 is 0 Å². The van der Waals surface area contributed by atoms with E-state index in [1.165, 1.54) is 11.3 Å². The molecule has 1 heterocycles. The number of halogens is 1. The molecule has 0 amide bonds. The highest BCUT2D eigenvalue weighted by Gasteiger charge is 1.80. The molecule has 1 aromatic rings. The van der Waals surface area contributed by atoms with Crippen LogP contribution in [0.25, 0.3) is 0 Å². The van der Waals surface area contributed by atoms with Gasteiger partial charge < -0.3 is 0 Å². The van der Waals surface area contributed by atoms with Gasteiger partial charge in [0.2, 0.25) is 0 Å². The summed E-state index contributed by atoms with van der Waals surface area (Å²) in [5, 5.41) is 1.71. The van der Waals surface area contributed by atoms with Gasteiger partial charge >= 0.3 is 0 Å². The van der Waals surface area contributed by atoms with Gasteiger partial charge in [-0.1, -0.05) is 11.6 Å². The van der Waals surface area contributed by atoms with Gasteiger partial charge in [0.25, 0.3) is 0 Å². The molecule has 0 aliphatic heterocycles. The van der Waals surface area contributed by atoms with Crippen molar-refractivity contribution in [3.05, 3.63) is 16.0 Å². The maximum absolute atomic E-state index is 5.33. The number of rotatable bonds is 0. The normalized spacial score (nSPS) is 8.83. The molecule has 1 nitrogen and oxygen atoms in total. The lowest BCUT2D eigenvalue weighted by atomic mass is 11.0. The van der Waals surface area contributed by atoms with Crippen molar-refractivity contribution < 1.29 is 0 Å². The lowest BCUT2D eigenvalue weighted by molar-refractivity contribution is 1.41. The largest absolute Gasteiger partial charge is 0.223 e. The molecule has 0 aromatic carbocycles. The molecule has 1 aromatic heterocycles. The summed E-state index contributed by atoms with van der Waals surface area (Å²) in [4.78, 5) is 3.58. The molecule has 0 saturated heterocycles. The summed E-state index contributed by atoms with van der Waals surface area (Å²) in [5.41, 5.74) is 0. The van der Waals surface area contributed by atoms with E-state index in [-0.39, 0.29) is 0 Å². The average Bonchev–Trinajstić information content (AvgIpc) is 1.86. The minimum atomic E-state index is 0.551. The maximum atomic E-state index is 5.33. The summed E-state index contributed by atoms with van der Waals surface area (Å²) in [5.74, 6) is 0. The summed E-state index contributed by atoms with van der Waals surface area (Å²) in [7, 11) is 0. The Kier molecular flexibility index (Phi) is 1.08. The minimum absolute atomic E-state index is 0.551. The molecule has 1 radical (unpaired) electrons. The van der Waals surface area contributed by atoms with Crippen molar-refractivity contribution in [1.82, 2.24) is 4.98 Å². The molecule has 6 heavy (non-hydrogen) atoms. The molecule has 0 spiro atoms. The van der Waals surface area contributed by atoms with Gasteiger partial charge in [-0.3, -0.25) is 0 Å². The summed E-state index contributed by atoms with van der Waals surface area (Å²) in [6, 6.07) is 0. The van der Waals surface area contributed by atoms with E-state index in [4.69, 9.17) is 11.6 Å². The number of hydrogen-bond donors (Lipinski definition) is 0. The van der Waals surface area contributed by atoms with Crippen molar-refractivity contribution in [3.8, 4) is 0 Å². The Hall–Kier alpha value is -0.0800. The van der Waals surface area contributed by atoms with Crippen LogP contribution in [0.1, 0.15) is 0 Å². The second-order valence-electron chi connectivity index (χ2n) is 0.730. The summed E-state index contributed by atoms with van der Waals surface area (Å²) < 4.78 is 0.551. The number of aromatic nitrogens is 1. The highest BCUT2D eigenvalue weighted by molar-refractivity contribution is 7.13. The van der Waals surface area contributed by atoms with Crippen LogP contribution in [0.5, 0.6) is 0 Å². The first-order valence-electron chi connectivity index (χ1n) is 1.36. The zero-order chi connectivity index (χ0) is 4.41. The van der Waals surface area contributed by atoms with Gasteiger partial charge in [-0.2, -0.15) is 0 Å². The third-order valence-electron chi connectivity index (χ3n) is 0.361. The lowest BCUT2D eigenvalue weighted by Crippen LogP contribution is -1.48. The van der Waals surface area contributed by atoms with E-state index in [2.05, 4.69) is 11.2 Å². The van der Waals surface area contributed by atoms with Crippen LogP contribution in [-0.4, -0.2) is 4.98 Å². The van der Waals surface area contributed by atoms with Gasteiger partial charge in [-0.05, 0) is 0 Å². The number of nitrogens with zero attached hydrogens (tertiary/aromatic N) is 1. The Morgan fingerprint density at radius 2 is 2.83 bits per heavy atom. The molecule has 0 aliphatic carbocycles. The van der Waals surface area contributed by atoms with Gasteiger partial charge in [0.05, 0.1) is 0 Å².